The Bertz CT molecular complexity index is 1570. The Labute approximate surface area is 216 Å². The predicted molar refractivity (Wildman–Crippen MR) is 139 cm³/mol. The molecule has 1 amide bonds. The van der Waals surface area contributed by atoms with Gasteiger partial charge < -0.3 is 23.9 Å². The number of carbonyl (C=O) groups excluding carboxylic acids is 1. The summed E-state index contributed by atoms with van der Waals surface area (Å²) in [6, 6.07) is 13.7. The van der Waals surface area contributed by atoms with Gasteiger partial charge in [0.25, 0.3) is 5.91 Å². The SMILES string of the molecule is COc1ccc(CN2C(=O)c3oc4c(C)cc(C)cc4c(=O)c3C2c2cc(Br)c(O)c(OC)c2)cc1. The summed E-state index contributed by atoms with van der Waals surface area (Å²) in [6.07, 6.45) is 0. The summed E-state index contributed by atoms with van der Waals surface area (Å²) in [6.45, 7) is 4.00. The molecule has 0 spiro atoms. The summed E-state index contributed by atoms with van der Waals surface area (Å²) in [5.74, 6) is 0.507. The molecule has 0 radical (unpaired) electrons. The third kappa shape index (κ3) is 3.82. The Hall–Kier alpha value is -3.78. The summed E-state index contributed by atoms with van der Waals surface area (Å²) in [4.78, 5) is 29.3. The second-order valence-electron chi connectivity index (χ2n) is 8.87. The zero-order chi connectivity index (χ0) is 25.7. The van der Waals surface area contributed by atoms with E-state index >= 15 is 0 Å². The second-order valence-corrected chi connectivity index (χ2v) is 9.72. The summed E-state index contributed by atoms with van der Waals surface area (Å²) in [5, 5.41) is 10.8. The molecule has 8 heteroatoms. The van der Waals surface area contributed by atoms with Crippen LogP contribution in [0, 0.1) is 13.8 Å². The lowest BCUT2D eigenvalue weighted by Gasteiger charge is -2.26. The number of aryl methyl sites for hydroxylation is 2. The summed E-state index contributed by atoms with van der Waals surface area (Å²) in [7, 11) is 3.04. The Morgan fingerprint density at radius 2 is 1.75 bits per heavy atom. The minimum Gasteiger partial charge on any atom is -0.503 e. The van der Waals surface area contributed by atoms with Gasteiger partial charge in [-0.05, 0) is 82.4 Å². The molecule has 0 aliphatic carbocycles. The van der Waals surface area contributed by atoms with Gasteiger partial charge in [-0.3, -0.25) is 9.59 Å². The number of halogens is 1. The minimum atomic E-state index is -0.748. The number of ether oxygens (including phenoxy) is 2. The topological polar surface area (TPSA) is 89.2 Å². The van der Waals surface area contributed by atoms with Crippen molar-refractivity contribution in [2.24, 2.45) is 0 Å². The van der Waals surface area contributed by atoms with Crippen LogP contribution in [0.25, 0.3) is 11.0 Å². The van der Waals surface area contributed by atoms with Crippen LogP contribution in [0.15, 0.2) is 62.2 Å². The first-order chi connectivity index (χ1) is 17.2. The number of amides is 1. The van der Waals surface area contributed by atoms with Crippen LogP contribution in [-0.2, 0) is 6.54 Å². The van der Waals surface area contributed by atoms with Crippen LogP contribution in [0.4, 0.5) is 0 Å². The number of hydrogen-bond acceptors (Lipinski definition) is 6. The van der Waals surface area contributed by atoms with Gasteiger partial charge in [0, 0.05) is 6.54 Å². The summed E-state index contributed by atoms with van der Waals surface area (Å²) in [5.41, 5.74) is 3.60. The smallest absolute Gasteiger partial charge is 0.291 e. The van der Waals surface area contributed by atoms with E-state index in [1.807, 2.05) is 44.2 Å². The van der Waals surface area contributed by atoms with Crippen LogP contribution in [0.2, 0.25) is 0 Å². The Kier molecular flexibility index (Phi) is 6.00. The van der Waals surface area contributed by atoms with Gasteiger partial charge in [0.2, 0.25) is 5.76 Å². The number of hydrogen-bond donors (Lipinski definition) is 1. The van der Waals surface area contributed by atoms with Crippen LogP contribution in [0.5, 0.6) is 17.2 Å². The molecule has 36 heavy (non-hydrogen) atoms. The molecule has 2 heterocycles. The maximum atomic E-state index is 13.9. The summed E-state index contributed by atoms with van der Waals surface area (Å²) >= 11 is 3.37. The van der Waals surface area contributed by atoms with E-state index in [1.165, 1.54) is 7.11 Å². The number of phenols is 1. The van der Waals surface area contributed by atoms with E-state index in [1.54, 1.807) is 30.2 Å². The van der Waals surface area contributed by atoms with Crippen molar-refractivity contribution in [3.05, 3.63) is 96.8 Å². The molecule has 5 rings (SSSR count). The van der Waals surface area contributed by atoms with Gasteiger partial charge in [-0.1, -0.05) is 18.2 Å². The average Bonchev–Trinajstić information content (AvgIpc) is 3.13. The quantitative estimate of drug-likeness (QED) is 0.346. The molecule has 1 aliphatic heterocycles. The molecule has 3 aromatic carbocycles. The molecule has 0 fully saturated rings. The van der Waals surface area contributed by atoms with E-state index in [2.05, 4.69) is 15.9 Å². The zero-order valence-electron chi connectivity index (χ0n) is 20.2. The highest BCUT2D eigenvalue weighted by atomic mass is 79.9. The van der Waals surface area contributed by atoms with E-state index < -0.39 is 6.04 Å². The lowest BCUT2D eigenvalue weighted by molar-refractivity contribution is 0.0714. The number of benzene rings is 3. The maximum absolute atomic E-state index is 13.9. The number of nitrogens with zero attached hydrogens (tertiary/aromatic N) is 1. The lowest BCUT2D eigenvalue weighted by Crippen LogP contribution is -2.29. The highest BCUT2D eigenvalue weighted by molar-refractivity contribution is 9.10. The molecule has 7 nitrogen and oxygen atoms in total. The van der Waals surface area contributed by atoms with Crippen molar-refractivity contribution >= 4 is 32.8 Å². The molecule has 0 saturated heterocycles. The van der Waals surface area contributed by atoms with Crippen molar-refractivity contribution in [3.63, 3.8) is 0 Å². The fraction of sp³-hybridized carbons (Fsp3) is 0.214. The van der Waals surface area contributed by atoms with E-state index in [0.29, 0.717) is 26.8 Å². The van der Waals surface area contributed by atoms with Gasteiger partial charge in [0.15, 0.2) is 16.9 Å². The first-order valence-electron chi connectivity index (χ1n) is 11.3. The Balaban J connectivity index is 1.75. The van der Waals surface area contributed by atoms with Gasteiger partial charge >= 0.3 is 0 Å². The van der Waals surface area contributed by atoms with E-state index in [4.69, 9.17) is 13.9 Å². The second kappa shape index (κ2) is 9.02. The highest BCUT2D eigenvalue weighted by Crippen LogP contribution is 2.44. The Morgan fingerprint density at radius 3 is 2.42 bits per heavy atom. The van der Waals surface area contributed by atoms with Crippen molar-refractivity contribution < 1.29 is 23.8 Å². The van der Waals surface area contributed by atoms with Gasteiger partial charge in [0.05, 0.1) is 35.7 Å². The molecule has 0 bridgehead atoms. The van der Waals surface area contributed by atoms with Gasteiger partial charge in [-0.2, -0.15) is 0 Å². The molecule has 1 N–H and O–H groups in total. The number of phenolic OH excluding ortho intramolecular Hbond substituents is 1. The first kappa shape index (κ1) is 23.9. The van der Waals surface area contributed by atoms with Crippen LogP contribution in [-0.4, -0.2) is 30.1 Å². The molecule has 1 atom stereocenters. The number of fused-ring (bicyclic) bond motifs is 2. The fourth-order valence-corrected chi connectivity index (χ4v) is 5.28. The molecule has 4 aromatic rings. The standard InChI is InChI=1S/C28H24BrNO6/c1-14-9-15(2)26-19(10-14)24(31)22-23(17-11-20(29)25(32)21(12-17)35-4)30(28(33)27(22)36-26)13-16-5-7-18(34-3)8-6-16/h5-12,23,32H,13H2,1-4H3. The van der Waals surface area contributed by atoms with E-state index in [-0.39, 0.29) is 40.7 Å². The largest absolute Gasteiger partial charge is 0.503 e. The van der Waals surface area contributed by atoms with E-state index in [9.17, 15) is 14.7 Å². The average molecular weight is 550 g/mol. The molecular weight excluding hydrogens is 526 g/mol. The minimum absolute atomic E-state index is 0.0288. The van der Waals surface area contributed by atoms with Crippen molar-refractivity contribution in [2.45, 2.75) is 26.4 Å². The molecule has 1 aliphatic rings. The fourth-order valence-electron chi connectivity index (χ4n) is 4.82. The predicted octanol–water partition coefficient (Wildman–Crippen LogP) is 5.64. The monoisotopic (exact) mass is 549 g/mol. The number of methoxy groups -OCH3 is 2. The highest BCUT2D eigenvalue weighted by Gasteiger charge is 2.43. The van der Waals surface area contributed by atoms with Gasteiger partial charge in [-0.15, -0.1) is 0 Å². The third-order valence-electron chi connectivity index (χ3n) is 6.50. The molecule has 1 aromatic heterocycles. The van der Waals surface area contributed by atoms with Gasteiger partial charge in [-0.25, -0.2) is 0 Å². The lowest BCUT2D eigenvalue weighted by atomic mass is 9.97. The third-order valence-corrected chi connectivity index (χ3v) is 7.10. The summed E-state index contributed by atoms with van der Waals surface area (Å²) < 4.78 is 17.1. The van der Waals surface area contributed by atoms with Crippen molar-refractivity contribution in [2.75, 3.05) is 14.2 Å². The Morgan fingerprint density at radius 1 is 1.03 bits per heavy atom. The van der Waals surface area contributed by atoms with Crippen LogP contribution in [0.3, 0.4) is 0 Å². The van der Waals surface area contributed by atoms with Crippen LogP contribution < -0.4 is 14.9 Å². The first-order valence-corrected chi connectivity index (χ1v) is 12.1. The van der Waals surface area contributed by atoms with Crippen molar-refractivity contribution in [1.82, 2.24) is 4.90 Å². The molecular formula is C28H24BrNO6. The van der Waals surface area contributed by atoms with Gasteiger partial charge in [0.1, 0.15) is 11.3 Å². The molecule has 0 saturated carbocycles. The van der Waals surface area contributed by atoms with Crippen molar-refractivity contribution in [1.29, 1.82) is 0 Å². The van der Waals surface area contributed by atoms with Crippen LogP contribution in [0.1, 0.15) is 44.4 Å². The van der Waals surface area contributed by atoms with E-state index in [0.717, 1.165) is 16.7 Å². The zero-order valence-corrected chi connectivity index (χ0v) is 21.8. The van der Waals surface area contributed by atoms with Crippen molar-refractivity contribution in [3.8, 4) is 17.2 Å². The number of carbonyl (C=O) groups is 1. The molecule has 1 unspecified atom stereocenters. The number of aromatic hydroxyl groups is 1. The number of rotatable bonds is 5. The maximum Gasteiger partial charge on any atom is 0.291 e. The molecule has 184 valence electrons. The van der Waals surface area contributed by atoms with Crippen LogP contribution >= 0.6 is 15.9 Å². The normalized spacial score (nSPS) is 14.9.